The molecule has 0 saturated heterocycles. The van der Waals surface area contributed by atoms with Gasteiger partial charge in [-0.2, -0.15) is 0 Å². The van der Waals surface area contributed by atoms with Gasteiger partial charge in [0, 0.05) is 36.7 Å². The zero-order valence-electron chi connectivity index (χ0n) is 11.0. The highest BCUT2D eigenvalue weighted by molar-refractivity contribution is 7.71. The van der Waals surface area contributed by atoms with Crippen LogP contribution in [0.25, 0.3) is 0 Å². The Hall–Kier alpha value is -0.740. The Morgan fingerprint density at radius 3 is 2.78 bits per heavy atom. The molecule has 0 aromatic carbocycles. The molecule has 0 atom stereocenters. The van der Waals surface area contributed by atoms with Gasteiger partial charge in [0.2, 0.25) is 0 Å². The minimum absolute atomic E-state index is 0.600. The second kappa shape index (κ2) is 5.10. The van der Waals surface area contributed by atoms with Gasteiger partial charge in [0.05, 0.1) is 0 Å². The van der Waals surface area contributed by atoms with Crippen molar-refractivity contribution in [2.45, 2.75) is 51.5 Å². The van der Waals surface area contributed by atoms with Gasteiger partial charge in [-0.15, -0.1) is 0 Å². The lowest BCUT2D eigenvalue weighted by atomic mass is 9.82. The van der Waals surface area contributed by atoms with Gasteiger partial charge >= 0.3 is 0 Å². The molecule has 1 aromatic rings. The fourth-order valence-corrected chi connectivity index (χ4v) is 3.41. The van der Waals surface area contributed by atoms with Gasteiger partial charge in [-0.3, -0.25) is 0 Å². The van der Waals surface area contributed by atoms with Crippen LogP contribution in [0.2, 0.25) is 0 Å². The van der Waals surface area contributed by atoms with Crippen molar-refractivity contribution >= 4 is 12.2 Å². The molecular formula is C14H21N3S. The first-order chi connectivity index (χ1) is 8.74. The van der Waals surface area contributed by atoms with Crippen LogP contribution in [0.4, 0.5) is 0 Å². The molecule has 0 unspecified atom stereocenters. The molecule has 1 fully saturated rings. The number of hydrogen-bond acceptors (Lipinski definition) is 3. The van der Waals surface area contributed by atoms with Crippen molar-refractivity contribution in [1.29, 1.82) is 0 Å². The largest absolute Gasteiger partial charge is 0.347 e. The normalized spacial score (nSPS) is 27.8. The lowest BCUT2D eigenvalue weighted by molar-refractivity contribution is 0.338. The molecule has 1 saturated carbocycles. The molecule has 1 aromatic heterocycles. The van der Waals surface area contributed by atoms with E-state index >= 15 is 0 Å². The number of aromatic nitrogens is 2. The third-order valence-corrected chi connectivity index (χ3v) is 4.72. The Kier molecular flexibility index (Phi) is 3.48. The summed E-state index contributed by atoms with van der Waals surface area (Å²) < 4.78 is 0.810. The molecule has 0 amide bonds. The minimum Gasteiger partial charge on any atom is -0.347 e. The zero-order valence-corrected chi connectivity index (χ0v) is 11.8. The molecule has 2 aliphatic rings. The summed E-state index contributed by atoms with van der Waals surface area (Å²) in [5.74, 6) is 2.63. The van der Waals surface area contributed by atoms with Crippen LogP contribution >= 0.6 is 12.2 Å². The molecule has 0 bridgehead atoms. The smallest absolute Gasteiger partial charge is 0.134 e. The predicted octanol–water partition coefficient (Wildman–Crippen LogP) is 3.08. The van der Waals surface area contributed by atoms with Crippen molar-refractivity contribution < 1.29 is 0 Å². The average Bonchev–Trinajstić information content (AvgIpc) is 2.39. The molecule has 2 N–H and O–H groups in total. The van der Waals surface area contributed by atoms with E-state index in [0.29, 0.717) is 5.92 Å². The van der Waals surface area contributed by atoms with Crippen LogP contribution in [0.5, 0.6) is 0 Å². The van der Waals surface area contributed by atoms with E-state index in [1.54, 1.807) is 0 Å². The second-order valence-electron chi connectivity index (χ2n) is 5.77. The van der Waals surface area contributed by atoms with Crippen molar-refractivity contribution in [3.63, 3.8) is 0 Å². The molecular weight excluding hydrogens is 242 g/mol. The van der Waals surface area contributed by atoms with Gasteiger partial charge in [-0.1, -0.05) is 32.0 Å². The van der Waals surface area contributed by atoms with E-state index in [1.807, 2.05) is 0 Å². The molecule has 1 aliphatic carbocycles. The van der Waals surface area contributed by atoms with Crippen molar-refractivity contribution in [2.75, 3.05) is 6.54 Å². The lowest BCUT2D eigenvalue weighted by Gasteiger charge is -2.27. The van der Waals surface area contributed by atoms with Gasteiger partial charge in [0.15, 0.2) is 0 Å². The molecule has 3 nitrogen and oxygen atoms in total. The van der Waals surface area contributed by atoms with E-state index in [-0.39, 0.29) is 0 Å². The Morgan fingerprint density at radius 2 is 2.00 bits per heavy atom. The topological polar surface area (TPSA) is 40.7 Å². The summed E-state index contributed by atoms with van der Waals surface area (Å²) in [6.07, 6.45) is 6.22. The second-order valence-corrected chi connectivity index (χ2v) is 6.15. The summed E-state index contributed by atoms with van der Waals surface area (Å²) >= 11 is 5.45. The van der Waals surface area contributed by atoms with E-state index in [4.69, 9.17) is 12.2 Å². The minimum atomic E-state index is 0.600. The van der Waals surface area contributed by atoms with Gasteiger partial charge in [-0.25, -0.2) is 4.98 Å². The Bertz CT molecular complexity index is 486. The molecule has 4 heteroatoms. The van der Waals surface area contributed by atoms with Gasteiger partial charge in [0.1, 0.15) is 10.5 Å². The summed E-state index contributed by atoms with van der Waals surface area (Å²) in [5, 5.41) is 3.36. The van der Waals surface area contributed by atoms with E-state index in [2.05, 4.69) is 22.2 Å². The highest BCUT2D eigenvalue weighted by Gasteiger charge is 2.23. The predicted molar refractivity (Wildman–Crippen MR) is 75.2 cm³/mol. The van der Waals surface area contributed by atoms with Gasteiger partial charge in [0.25, 0.3) is 0 Å². The summed E-state index contributed by atoms with van der Waals surface area (Å²) in [4.78, 5) is 8.23. The zero-order chi connectivity index (χ0) is 12.5. The first-order valence-electron chi connectivity index (χ1n) is 7.06. The van der Waals surface area contributed by atoms with Crippen LogP contribution in [0.3, 0.4) is 0 Å². The number of rotatable bonds is 1. The Balaban J connectivity index is 1.89. The molecule has 1 aliphatic heterocycles. The SMILES string of the molecule is CC1CCC(c2nc(=S)c3c([nH]2)CCNC3)CC1. The fraction of sp³-hybridized carbons (Fsp3) is 0.714. The number of H-pyrrole nitrogens is 1. The van der Waals surface area contributed by atoms with Crippen molar-refractivity contribution in [1.82, 2.24) is 15.3 Å². The van der Waals surface area contributed by atoms with E-state index in [0.717, 1.165) is 35.9 Å². The maximum Gasteiger partial charge on any atom is 0.134 e. The summed E-state index contributed by atoms with van der Waals surface area (Å²) in [7, 11) is 0. The third kappa shape index (κ3) is 2.36. The molecule has 2 heterocycles. The van der Waals surface area contributed by atoms with Crippen LogP contribution in [0.15, 0.2) is 0 Å². The molecule has 0 radical (unpaired) electrons. The Morgan fingerprint density at radius 1 is 1.22 bits per heavy atom. The highest BCUT2D eigenvalue weighted by atomic mass is 32.1. The summed E-state index contributed by atoms with van der Waals surface area (Å²) in [6.45, 7) is 4.27. The number of aromatic amines is 1. The lowest BCUT2D eigenvalue weighted by Crippen LogP contribution is -2.26. The number of fused-ring (bicyclic) bond motifs is 1. The van der Waals surface area contributed by atoms with Crippen LogP contribution in [0, 0.1) is 10.6 Å². The standard InChI is InChI=1S/C14H21N3S/c1-9-2-4-10(5-3-9)13-16-12-6-7-15-8-11(12)14(18)17-13/h9-10,15H,2-8H2,1H3,(H,16,17,18). The number of hydrogen-bond donors (Lipinski definition) is 2. The maximum absolute atomic E-state index is 5.45. The first-order valence-corrected chi connectivity index (χ1v) is 7.47. The van der Waals surface area contributed by atoms with E-state index < -0.39 is 0 Å². The molecule has 0 spiro atoms. The Labute approximate surface area is 113 Å². The van der Waals surface area contributed by atoms with Crippen LogP contribution in [-0.4, -0.2) is 16.5 Å². The first kappa shape index (κ1) is 12.3. The van der Waals surface area contributed by atoms with Crippen molar-refractivity contribution in [3.8, 4) is 0 Å². The number of nitrogens with zero attached hydrogens (tertiary/aromatic N) is 1. The molecule has 18 heavy (non-hydrogen) atoms. The number of nitrogens with one attached hydrogen (secondary N) is 2. The van der Waals surface area contributed by atoms with Crippen LogP contribution in [0.1, 0.15) is 55.6 Å². The quantitative estimate of drug-likeness (QED) is 0.765. The highest BCUT2D eigenvalue weighted by Crippen LogP contribution is 2.34. The average molecular weight is 263 g/mol. The monoisotopic (exact) mass is 263 g/mol. The van der Waals surface area contributed by atoms with E-state index in [1.165, 1.54) is 36.9 Å². The van der Waals surface area contributed by atoms with Gasteiger partial charge in [-0.05, 0) is 18.8 Å². The maximum atomic E-state index is 5.45. The van der Waals surface area contributed by atoms with Crippen molar-refractivity contribution in [2.24, 2.45) is 5.92 Å². The molecule has 98 valence electrons. The third-order valence-electron chi connectivity index (χ3n) is 4.38. The van der Waals surface area contributed by atoms with Crippen molar-refractivity contribution in [3.05, 3.63) is 21.7 Å². The summed E-state index contributed by atoms with van der Waals surface area (Å²) in [5.41, 5.74) is 2.53. The molecule has 3 rings (SSSR count). The van der Waals surface area contributed by atoms with Crippen LogP contribution in [-0.2, 0) is 13.0 Å². The fourth-order valence-electron chi connectivity index (χ4n) is 3.11. The van der Waals surface area contributed by atoms with Crippen LogP contribution < -0.4 is 5.32 Å². The van der Waals surface area contributed by atoms with Gasteiger partial charge < -0.3 is 10.3 Å². The summed E-state index contributed by atoms with van der Waals surface area (Å²) in [6, 6.07) is 0. The van der Waals surface area contributed by atoms with E-state index in [9.17, 15) is 0 Å².